The number of hydrogen-bond acceptors (Lipinski definition) is 3. The van der Waals surface area contributed by atoms with E-state index in [0.29, 0.717) is 0 Å². The summed E-state index contributed by atoms with van der Waals surface area (Å²) in [5, 5.41) is 1.17. The Morgan fingerprint density at radius 3 is 2.63 bits per heavy atom. The van der Waals surface area contributed by atoms with Crippen molar-refractivity contribution in [2.75, 3.05) is 45.5 Å². The molecule has 4 heteroatoms. The van der Waals surface area contributed by atoms with E-state index in [2.05, 4.69) is 39.7 Å². The third-order valence-corrected chi connectivity index (χ3v) is 4.10. The quantitative estimate of drug-likeness (QED) is 0.847. The number of aromatic nitrogens is 1. The molecule has 1 aromatic heterocycles. The lowest BCUT2D eigenvalue weighted by atomic mass is 10.2. The van der Waals surface area contributed by atoms with Gasteiger partial charge in [-0.05, 0) is 25.2 Å². The molecule has 0 saturated carbocycles. The average molecular weight is 258 g/mol. The Bertz CT molecular complexity index is 552. The van der Waals surface area contributed by atoms with Crippen molar-refractivity contribution in [1.29, 1.82) is 0 Å². The first-order valence-electron chi connectivity index (χ1n) is 6.98. The van der Waals surface area contributed by atoms with Crippen LogP contribution in [0.25, 0.3) is 10.9 Å². The Hall–Kier alpha value is -1.52. The van der Waals surface area contributed by atoms with E-state index in [1.807, 2.05) is 12.1 Å². The summed E-state index contributed by atoms with van der Waals surface area (Å²) in [4.78, 5) is 4.93. The molecule has 3 rings (SSSR count). The Labute approximate surface area is 114 Å². The number of fused-ring (bicyclic) bond motifs is 1. The Morgan fingerprint density at radius 1 is 1.05 bits per heavy atom. The monoisotopic (exact) mass is 258 g/mol. The summed E-state index contributed by atoms with van der Waals surface area (Å²) < 4.78 is 2.31. The first-order valence-corrected chi connectivity index (χ1v) is 6.98. The standard InChI is InChI=1S/C15H22N4/c1-17-7-9-18(10-8-17)11-12-19-6-5-13-14(16)3-2-4-15(13)19/h2-6H,7-12,16H2,1H3. The van der Waals surface area contributed by atoms with Crippen LogP contribution in [0.3, 0.4) is 0 Å². The second-order valence-corrected chi connectivity index (χ2v) is 5.43. The van der Waals surface area contributed by atoms with E-state index in [4.69, 9.17) is 5.73 Å². The number of nitrogens with two attached hydrogens (primary N) is 1. The molecule has 1 aromatic carbocycles. The maximum Gasteiger partial charge on any atom is 0.0501 e. The van der Waals surface area contributed by atoms with Crippen LogP contribution in [-0.4, -0.2) is 54.1 Å². The van der Waals surface area contributed by atoms with Gasteiger partial charge < -0.3 is 15.2 Å². The summed E-state index contributed by atoms with van der Waals surface area (Å²) >= 11 is 0. The summed E-state index contributed by atoms with van der Waals surface area (Å²) in [6.45, 7) is 6.87. The lowest BCUT2D eigenvalue weighted by molar-refractivity contribution is 0.150. The summed E-state index contributed by atoms with van der Waals surface area (Å²) in [5.74, 6) is 0. The van der Waals surface area contributed by atoms with Gasteiger partial charge in [-0.15, -0.1) is 0 Å². The molecule has 1 aliphatic heterocycles. The van der Waals surface area contributed by atoms with Crippen molar-refractivity contribution >= 4 is 16.6 Å². The fraction of sp³-hybridized carbons (Fsp3) is 0.467. The highest BCUT2D eigenvalue weighted by Crippen LogP contribution is 2.21. The molecule has 0 aliphatic carbocycles. The Balaban J connectivity index is 1.67. The molecule has 19 heavy (non-hydrogen) atoms. The zero-order valence-electron chi connectivity index (χ0n) is 11.5. The highest BCUT2D eigenvalue weighted by Gasteiger charge is 2.13. The summed E-state index contributed by atoms with van der Waals surface area (Å²) in [6, 6.07) is 8.27. The predicted molar refractivity (Wildman–Crippen MR) is 80.3 cm³/mol. The van der Waals surface area contributed by atoms with E-state index in [-0.39, 0.29) is 0 Å². The molecule has 0 amide bonds. The molecular formula is C15H22N4. The molecule has 2 N–H and O–H groups in total. The summed E-state index contributed by atoms with van der Waals surface area (Å²) in [7, 11) is 2.19. The van der Waals surface area contributed by atoms with Crippen LogP contribution >= 0.6 is 0 Å². The molecule has 0 unspecified atom stereocenters. The molecule has 1 aliphatic rings. The molecule has 0 radical (unpaired) electrons. The number of benzene rings is 1. The van der Waals surface area contributed by atoms with E-state index < -0.39 is 0 Å². The summed E-state index contributed by atoms with van der Waals surface area (Å²) in [5.41, 5.74) is 8.11. The first-order chi connectivity index (χ1) is 9.24. The van der Waals surface area contributed by atoms with Crippen molar-refractivity contribution in [3.05, 3.63) is 30.5 Å². The Kier molecular flexibility index (Phi) is 3.44. The lowest BCUT2D eigenvalue weighted by Gasteiger charge is -2.32. The number of rotatable bonds is 3. The van der Waals surface area contributed by atoms with Gasteiger partial charge in [0.2, 0.25) is 0 Å². The number of piperazine rings is 1. The minimum absolute atomic E-state index is 0.871. The van der Waals surface area contributed by atoms with Crippen molar-refractivity contribution < 1.29 is 0 Å². The largest absolute Gasteiger partial charge is 0.398 e. The third kappa shape index (κ3) is 2.60. The van der Waals surface area contributed by atoms with Crippen molar-refractivity contribution in [2.45, 2.75) is 6.54 Å². The van der Waals surface area contributed by atoms with Crippen LogP contribution in [0.2, 0.25) is 0 Å². The molecular weight excluding hydrogens is 236 g/mol. The van der Waals surface area contributed by atoms with Gasteiger partial charge in [0.15, 0.2) is 0 Å². The zero-order chi connectivity index (χ0) is 13.2. The average Bonchev–Trinajstić information content (AvgIpc) is 2.83. The number of nitrogens with zero attached hydrogens (tertiary/aromatic N) is 3. The van der Waals surface area contributed by atoms with E-state index in [9.17, 15) is 0 Å². The van der Waals surface area contributed by atoms with E-state index >= 15 is 0 Å². The van der Waals surface area contributed by atoms with E-state index in [1.165, 1.54) is 37.1 Å². The zero-order valence-corrected chi connectivity index (χ0v) is 11.5. The van der Waals surface area contributed by atoms with Gasteiger partial charge in [0.1, 0.15) is 0 Å². The highest BCUT2D eigenvalue weighted by atomic mass is 15.2. The van der Waals surface area contributed by atoms with E-state index in [0.717, 1.165) is 18.8 Å². The molecule has 2 aromatic rings. The van der Waals surface area contributed by atoms with Crippen LogP contribution in [-0.2, 0) is 6.54 Å². The first kappa shape index (κ1) is 12.5. The van der Waals surface area contributed by atoms with Crippen molar-refractivity contribution in [3.63, 3.8) is 0 Å². The van der Waals surface area contributed by atoms with Crippen LogP contribution < -0.4 is 5.73 Å². The van der Waals surface area contributed by atoms with Crippen LogP contribution in [0.15, 0.2) is 30.5 Å². The van der Waals surface area contributed by atoms with Crippen LogP contribution in [0, 0.1) is 0 Å². The maximum atomic E-state index is 5.99. The third-order valence-electron chi connectivity index (χ3n) is 4.10. The predicted octanol–water partition coefficient (Wildman–Crippen LogP) is 1.47. The molecule has 0 atom stereocenters. The van der Waals surface area contributed by atoms with Gasteiger partial charge in [-0.25, -0.2) is 0 Å². The number of anilines is 1. The van der Waals surface area contributed by atoms with Crippen LogP contribution in [0.1, 0.15) is 0 Å². The van der Waals surface area contributed by atoms with Gasteiger partial charge >= 0.3 is 0 Å². The topological polar surface area (TPSA) is 37.4 Å². The maximum absolute atomic E-state index is 5.99. The van der Waals surface area contributed by atoms with Gasteiger partial charge in [-0.1, -0.05) is 6.07 Å². The van der Waals surface area contributed by atoms with Gasteiger partial charge in [0.05, 0.1) is 5.52 Å². The van der Waals surface area contributed by atoms with Crippen molar-refractivity contribution in [1.82, 2.24) is 14.4 Å². The Morgan fingerprint density at radius 2 is 1.84 bits per heavy atom. The second kappa shape index (κ2) is 5.23. The van der Waals surface area contributed by atoms with Gasteiger partial charge in [-0.3, -0.25) is 4.90 Å². The highest BCUT2D eigenvalue weighted by molar-refractivity contribution is 5.91. The minimum Gasteiger partial charge on any atom is -0.398 e. The normalized spacial score (nSPS) is 18.2. The molecule has 1 fully saturated rings. The van der Waals surface area contributed by atoms with E-state index in [1.54, 1.807) is 0 Å². The number of nitrogen functional groups attached to an aromatic ring is 1. The van der Waals surface area contributed by atoms with Gasteiger partial charge in [-0.2, -0.15) is 0 Å². The molecule has 2 heterocycles. The molecule has 1 saturated heterocycles. The molecule has 0 spiro atoms. The smallest absolute Gasteiger partial charge is 0.0501 e. The van der Waals surface area contributed by atoms with Gasteiger partial charge in [0, 0.05) is 56.5 Å². The fourth-order valence-electron chi connectivity index (χ4n) is 2.76. The second-order valence-electron chi connectivity index (χ2n) is 5.43. The number of likely N-dealkylation sites (N-methyl/N-ethyl adjacent to an activating group) is 1. The summed E-state index contributed by atoms with van der Waals surface area (Å²) in [6.07, 6.45) is 2.15. The van der Waals surface area contributed by atoms with Crippen LogP contribution in [0.5, 0.6) is 0 Å². The van der Waals surface area contributed by atoms with Gasteiger partial charge in [0.25, 0.3) is 0 Å². The molecule has 4 nitrogen and oxygen atoms in total. The SMILES string of the molecule is CN1CCN(CCn2ccc3c(N)cccc32)CC1. The number of hydrogen-bond donors (Lipinski definition) is 1. The van der Waals surface area contributed by atoms with Crippen molar-refractivity contribution in [3.8, 4) is 0 Å². The molecule has 0 bridgehead atoms. The fourth-order valence-corrected chi connectivity index (χ4v) is 2.76. The minimum atomic E-state index is 0.871. The van der Waals surface area contributed by atoms with Crippen molar-refractivity contribution in [2.24, 2.45) is 0 Å². The van der Waals surface area contributed by atoms with Crippen LogP contribution in [0.4, 0.5) is 5.69 Å². The molecule has 102 valence electrons. The lowest BCUT2D eigenvalue weighted by Crippen LogP contribution is -2.45.